The van der Waals surface area contributed by atoms with E-state index in [1.54, 1.807) is 24.3 Å². The Hall–Kier alpha value is -3.34. The van der Waals surface area contributed by atoms with Crippen LogP contribution >= 0.6 is 0 Å². The number of nitrogens with one attached hydrogen (secondary N) is 1. The summed E-state index contributed by atoms with van der Waals surface area (Å²) in [6.45, 7) is 2.16. The summed E-state index contributed by atoms with van der Waals surface area (Å²) in [7, 11) is 0. The summed E-state index contributed by atoms with van der Waals surface area (Å²) < 4.78 is 19.8. The Labute approximate surface area is 163 Å². The average Bonchev–Trinajstić information content (AvgIpc) is 2.68. The normalized spacial score (nSPS) is 10.5. The van der Waals surface area contributed by atoms with Crippen molar-refractivity contribution in [2.75, 3.05) is 6.54 Å². The van der Waals surface area contributed by atoms with Crippen molar-refractivity contribution in [1.29, 1.82) is 0 Å². The number of phenolic OH excluding ortho intramolecular Hbond substituents is 1. The van der Waals surface area contributed by atoms with E-state index in [-0.39, 0.29) is 24.1 Å². The van der Waals surface area contributed by atoms with E-state index < -0.39 is 0 Å². The molecule has 0 aromatic heterocycles. The van der Waals surface area contributed by atoms with Gasteiger partial charge in [0, 0.05) is 19.0 Å². The molecule has 0 aliphatic rings. The lowest BCUT2D eigenvalue weighted by atomic mass is 9.95. The first-order chi connectivity index (χ1) is 13.5. The average molecular weight is 379 g/mol. The lowest BCUT2D eigenvalue weighted by Gasteiger charge is -2.18. The summed E-state index contributed by atoms with van der Waals surface area (Å²) in [5.41, 5.74) is 3.04. The zero-order valence-electron chi connectivity index (χ0n) is 15.6. The Kier molecular flexibility index (Phi) is 6.27. The Morgan fingerprint density at radius 3 is 2.57 bits per heavy atom. The minimum absolute atomic E-state index is 0.0153. The fourth-order valence-electron chi connectivity index (χ4n) is 3.03. The highest BCUT2D eigenvalue weighted by Crippen LogP contribution is 2.41. The second kappa shape index (κ2) is 9.04. The van der Waals surface area contributed by atoms with Gasteiger partial charge in [0.2, 0.25) is 5.91 Å². The number of benzene rings is 3. The summed E-state index contributed by atoms with van der Waals surface area (Å²) in [6, 6.07) is 19.1. The molecule has 144 valence electrons. The summed E-state index contributed by atoms with van der Waals surface area (Å²) in [4.78, 5) is 11.2. The third kappa shape index (κ3) is 4.88. The van der Waals surface area contributed by atoms with Crippen molar-refractivity contribution < 1.29 is 19.0 Å². The second-order valence-corrected chi connectivity index (χ2v) is 6.47. The minimum Gasteiger partial charge on any atom is -0.504 e. The van der Waals surface area contributed by atoms with Crippen molar-refractivity contribution in [2.24, 2.45) is 0 Å². The number of aromatic hydroxyl groups is 1. The third-order valence-corrected chi connectivity index (χ3v) is 4.33. The molecule has 1 amide bonds. The van der Waals surface area contributed by atoms with Crippen LogP contribution in [0.2, 0.25) is 0 Å². The molecule has 0 unspecified atom stereocenters. The monoisotopic (exact) mass is 379 g/mol. The number of hydrogen-bond donors (Lipinski definition) is 2. The van der Waals surface area contributed by atoms with Crippen LogP contribution < -0.4 is 10.1 Å². The lowest BCUT2D eigenvalue weighted by Crippen LogP contribution is -2.22. The molecule has 0 aliphatic carbocycles. The van der Waals surface area contributed by atoms with Crippen molar-refractivity contribution in [3.05, 3.63) is 83.7 Å². The van der Waals surface area contributed by atoms with Crippen LogP contribution in [0.25, 0.3) is 11.1 Å². The van der Waals surface area contributed by atoms with Gasteiger partial charge in [-0.15, -0.1) is 0 Å². The number of ether oxygens (including phenoxy) is 1. The van der Waals surface area contributed by atoms with Gasteiger partial charge in [0.15, 0.2) is 11.5 Å². The molecule has 2 N–H and O–H groups in total. The van der Waals surface area contributed by atoms with Gasteiger partial charge in [-0.3, -0.25) is 4.79 Å². The van der Waals surface area contributed by atoms with E-state index in [2.05, 4.69) is 5.32 Å². The van der Waals surface area contributed by atoms with Crippen LogP contribution in [0.15, 0.2) is 66.7 Å². The number of carbonyl (C=O) groups is 1. The Bertz CT molecular complexity index is 957. The van der Waals surface area contributed by atoms with Crippen LogP contribution in [-0.4, -0.2) is 17.6 Å². The summed E-state index contributed by atoms with van der Waals surface area (Å²) >= 11 is 0. The quantitative estimate of drug-likeness (QED) is 0.637. The number of halogens is 1. The van der Waals surface area contributed by atoms with Crippen molar-refractivity contribution in [1.82, 2.24) is 5.32 Å². The maximum Gasteiger partial charge on any atom is 0.216 e. The van der Waals surface area contributed by atoms with Gasteiger partial charge in [0.25, 0.3) is 0 Å². The molecule has 0 fully saturated rings. The summed E-state index contributed by atoms with van der Waals surface area (Å²) in [6.07, 6.45) is 0.521. The van der Waals surface area contributed by atoms with E-state index in [4.69, 9.17) is 4.74 Å². The zero-order valence-corrected chi connectivity index (χ0v) is 15.6. The van der Waals surface area contributed by atoms with E-state index in [0.29, 0.717) is 29.8 Å². The molecule has 4 nitrogen and oxygen atoms in total. The highest BCUT2D eigenvalue weighted by Gasteiger charge is 2.17. The van der Waals surface area contributed by atoms with Crippen LogP contribution in [-0.2, 0) is 17.8 Å². The predicted octanol–water partition coefficient (Wildman–Crippen LogP) is 4.46. The third-order valence-electron chi connectivity index (χ3n) is 4.33. The van der Waals surface area contributed by atoms with Crippen LogP contribution in [0.3, 0.4) is 0 Å². The van der Waals surface area contributed by atoms with Crippen LogP contribution in [0.5, 0.6) is 11.5 Å². The molecule has 0 saturated carbocycles. The van der Waals surface area contributed by atoms with Gasteiger partial charge in [-0.05, 0) is 41.3 Å². The number of rotatable bonds is 7. The van der Waals surface area contributed by atoms with Crippen molar-refractivity contribution in [3.63, 3.8) is 0 Å². The topological polar surface area (TPSA) is 58.6 Å². The maximum absolute atomic E-state index is 13.9. The summed E-state index contributed by atoms with van der Waals surface area (Å²) in [5.74, 6) is -0.206. The maximum atomic E-state index is 13.9. The molecule has 5 heteroatoms. The molecule has 0 bridgehead atoms. The molecule has 3 aromatic carbocycles. The van der Waals surface area contributed by atoms with Crippen LogP contribution in [0.1, 0.15) is 18.1 Å². The lowest BCUT2D eigenvalue weighted by molar-refractivity contribution is -0.118. The summed E-state index contributed by atoms with van der Waals surface area (Å²) in [5, 5.41) is 13.2. The zero-order chi connectivity index (χ0) is 19.9. The molecular formula is C23H22FNO3. The SMILES string of the molecule is CC(=O)NCCc1ccc(O)c(OCc2ccccc2)c1-c1cccc(F)c1. The molecule has 0 atom stereocenters. The van der Waals surface area contributed by atoms with E-state index in [0.717, 1.165) is 11.1 Å². The molecule has 3 rings (SSSR count). The molecular weight excluding hydrogens is 357 g/mol. The van der Waals surface area contributed by atoms with E-state index in [1.807, 2.05) is 30.3 Å². The fraction of sp³-hybridized carbons (Fsp3) is 0.174. The van der Waals surface area contributed by atoms with Crippen LogP contribution in [0, 0.1) is 5.82 Å². The number of hydrogen-bond acceptors (Lipinski definition) is 3. The van der Waals surface area contributed by atoms with Gasteiger partial charge in [0.1, 0.15) is 12.4 Å². The standard InChI is InChI=1S/C23H22FNO3/c1-16(26)25-13-12-18-10-11-21(27)23(28-15-17-6-3-2-4-7-17)22(18)19-8-5-9-20(24)14-19/h2-11,14,27H,12-13,15H2,1H3,(H,25,26). The van der Waals surface area contributed by atoms with Crippen molar-refractivity contribution >= 4 is 5.91 Å². The Balaban J connectivity index is 1.99. The largest absolute Gasteiger partial charge is 0.504 e. The molecule has 0 aliphatic heterocycles. The Morgan fingerprint density at radius 2 is 1.86 bits per heavy atom. The number of carbonyl (C=O) groups excluding carboxylic acids is 1. The first kappa shape index (κ1) is 19.4. The van der Waals surface area contributed by atoms with Gasteiger partial charge < -0.3 is 15.2 Å². The minimum atomic E-state index is -0.373. The molecule has 0 saturated heterocycles. The van der Waals surface area contributed by atoms with Crippen LogP contribution in [0.4, 0.5) is 4.39 Å². The van der Waals surface area contributed by atoms with Gasteiger partial charge in [-0.2, -0.15) is 0 Å². The molecule has 0 spiro atoms. The van der Waals surface area contributed by atoms with Gasteiger partial charge in [-0.1, -0.05) is 48.5 Å². The first-order valence-corrected chi connectivity index (χ1v) is 9.06. The van der Waals surface area contributed by atoms with Crippen molar-refractivity contribution in [2.45, 2.75) is 20.0 Å². The van der Waals surface area contributed by atoms with E-state index >= 15 is 0 Å². The van der Waals surface area contributed by atoms with E-state index in [1.165, 1.54) is 19.1 Å². The number of phenols is 1. The molecule has 3 aromatic rings. The highest BCUT2D eigenvalue weighted by molar-refractivity contribution is 5.77. The molecule has 0 radical (unpaired) electrons. The van der Waals surface area contributed by atoms with Crippen molar-refractivity contribution in [3.8, 4) is 22.6 Å². The van der Waals surface area contributed by atoms with Gasteiger partial charge in [-0.25, -0.2) is 4.39 Å². The fourth-order valence-corrected chi connectivity index (χ4v) is 3.03. The molecule has 28 heavy (non-hydrogen) atoms. The van der Waals surface area contributed by atoms with Gasteiger partial charge in [0.05, 0.1) is 0 Å². The first-order valence-electron chi connectivity index (χ1n) is 9.06. The van der Waals surface area contributed by atoms with Gasteiger partial charge >= 0.3 is 0 Å². The Morgan fingerprint density at radius 1 is 1.07 bits per heavy atom. The highest BCUT2D eigenvalue weighted by atomic mass is 19.1. The van der Waals surface area contributed by atoms with E-state index in [9.17, 15) is 14.3 Å². The smallest absolute Gasteiger partial charge is 0.216 e. The predicted molar refractivity (Wildman–Crippen MR) is 107 cm³/mol. The second-order valence-electron chi connectivity index (χ2n) is 6.47. The number of amides is 1. The molecule has 0 heterocycles.